The van der Waals surface area contributed by atoms with E-state index >= 15 is 0 Å². The van der Waals surface area contributed by atoms with E-state index in [1.54, 1.807) is 50.4 Å². The molecule has 23 nitrogen and oxygen atoms in total. The number of fused-ring (bicyclic) bond motifs is 1. The lowest BCUT2D eigenvalue weighted by Crippen LogP contribution is -2.59. The van der Waals surface area contributed by atoms with Crippen molar-refractivity contribution in [3.05, 3.63) is 90.1 Å². The molecule has 0 spiro atoms. The van der Waals surface area contributed by atoms with E-state index < -0.39 is 114 Å². The third-order valence-corrected chi connectivity index (χ3v) is 12.3. The van der Waals surface area contributed by atoms with Gasteiger partial charge in [-0.25, -0.2) is 4.98 Å². The van der Waals surface area contributed by atoms with E-state index in [4.69, 9.17) is 17.2 Å². The summed E-state index contributed by atoms with van der Waals surface area (Å²) in [7, 11) is 0. The fraction of sp³-hybridized carbons (Fsp3) is 0.480. The molecule has 74 heavy (non-hydrogen) atoms. The highest BCUT2D eigenvalue weighted by molar-refractivity contribution is 7.80. The normalized spacial score (nSPS) is 14.6. The Kier molecular flexibility index (Phi) is 23.5. The van der Waals surface area contributed by atoms with Crippen LogP contribution in [0.15, 0.2) is 73.3 Å². The van der Waals surface area contributed by atoms with Crippen molar-refractivity contribution >= 4 is 76.7 Å². The van der Waals surface area contributed by atoms with E-state index in [9.17, 15) is 43.2 Å². The molecule has 0 saturated carbocycles. The van der Waals surface area contributed by atoms with E-state index in [-0.39, 0.29) is 50.3 Å². The smallest absolute Gasteiger partial charge is 0.243 e. The van der Waals surface area contributed by atoms with Crippen LogP contribution < -0.4 is 59.7 Å². The first-order chi connectivity index (χ1) is 35.1. The van der Waals surface area contributed by atoms with Crippen molar-refractivity contribution in [3.63, 3.8) is 0 Å². The predicted octanol–water partition coefficient (Wildman–Crippen LogP) is -1.37. The average Bonchev–Trinajstić information content (AvgIpc) is 4.03. The molecule has 0 aliphatic rings. The van der Waals surface area contributed by atoms with Gasteiger partial charge >= 0.3 is 0 Å². The second kappa shape index (κ2) is 29.4. The predicted molar refractivity (Wildman–Crippen MR) is 280 cm³/mol. The molecule has 0 bridgehead atoms. The Morgan fingerprint density at radius 1 is 0.676 bits per heavy atom. The van der Waals surface area contributed by atoms with E-state index in [0.717, 1.165) is 16.5 Å². The van der Waals surface area contributed by atoms with Crippen LogP contribution in [0, 0.1) is 11.8 Å². The number of amides is 9. The highest BCUT2D eigenvalue weighted by Crippen LogP contribution is 2.20. The Morgan fingerprint density at radius 2 is 1.32 bits per heavy atom. The van der Waals surface area contributed by atoms with Crippen LogP contribution in [0.25, 0.3) is 10.9 Å². The number of imidazole rings is 1. The molecule has 24 heteroatoms. The molecule has 16 N–H and O–H groups in total. The van der Waals surface area contributed by atoms with Crippen LogP contribution in [0.5, 0.6) is 0 Å². The third-order valence-electron chi connectivity index (χ3n) is 12.0. The number of aromatic amines is 2. The minimum atomic E-state index is -1.34. The fourth-order valence-electron chi connectivity index (χ4n) is 7.94. The molecule has 2 aromatic heterocycles. The van der Waals surface area contributed by atoms with E-state index in [1.165, 1.54) is 19.4 Å². The van der Waals surface area contributed by atoms with Gasteiger partial charge in [0.2, 0.25) is 53.2 Å². The number of nitrogens with two attached hydrogens (primary N) is 3. The lowest BCUT2D eigenvalue weighted by molar-refractivity contribution is -0.135. The van der Waals surface area contributed by atoms with Crippen molar-refractivity contribution in [2.24, 2.45) is 29.0 Å². The number of aromatic nitrogens is 3. The molecule has 0 unspecified atom stereocenters. The zero-order valence-electron chi connectivity index (χ0n) is 42.4. The largest absolute Gasteiger partial charge is 0.370 e. The monoisotopic (exact) mass is 1040 g/mol. The van der Waals surface area contributed by atoms with Gasteiger partial charge in [0, 0.05) is 66.6 Å². The second-order valence-electron chi connectivity index (χ2n) is 18.9. The lowest BCUT2D eigenvalue weighted by Gasteiger charge is -2.27. The highest BCUT2D eigenvalue weighted by atomic mass is 32.1. The summed E-state index contributed by atoms with van der Waals surface area (Å²) in [5.41, 5.74) is 19.8. The maximum Gasteiger partial charge on any atom is 0.243 e. The average molecular weight is 1050 g/mol. The summed E-state index contributed by atoms with van der Waals surface area (Å²) >= 11 is 4.18. The van der Waals surface area contributed by atoms with Gasteiger partial charge in [0.1, 0.15) is 30.2 Å². The van der Waals surface area contributed by atoms with Gasteiger partial charge < -0.3 is 69.7 Å². The zero-order chi connectivity index (χ0) is 54.5. The standard InChI is InChI=1S/C50H72N14O9S/c1-27(2)17-33(23-56-40(25-74)44(53)67)60-49(72)39(20-32-22-54-26-58-32)61-42(66)24-57-50(73)43(28(3)4)64-45(68)29(5)59-48(71)38(19-31-21-55-36-14-10-9-13-34(31)36)63-47(70)37(15-16-41(52)65)62-46(69)35(51)18-30-11-7-6-8-12-30/h6-14,21-22,26-29,33,35,37-40,43,55-56,74H,15-20,23-25,51H2,1-5H3,(H2,52,65)(H2,53,67)(H,54,58)(H,57,73)(H,59,71)(H,60,72)(H,61,66)(H,62,69)(H,63,70)(H,64,68)/t29-,33-,35+,37-,38-,39-,40-,43-/m0/s1. The van der Waals surface area contributed by atoms with Gasteiger partial charge in [-0.2, -0.15) is 12.6 Å². The maximum absolute atomic E-state index is 14.2. The first kappa shape index (κ1) is 59.3. The van der Waals surface area contributed by atoms with Crippen molar-refractivity contribution in [1.82, 2.24) is 57.5 Å². The molecule has 402 valence electrons. The Bertz CT molecular complexity index is 2520. The topological polar surface area (TPSA) is 372 Å². The first-order valence-corrected chi connectivity index (χ1v) is 25.1. The molecule has 0 aliphatic heterocycles. The summed E-state index contributed by atoms with van der Waals surface area (Å²) in [4.78, 5) is 130. The van der Waals surface area contributed by atoms with Crippen molar-refractivity contribution in [2.45, 2.75) is 121 Å². The minimum Gasteiger partial charge on any atom is -0.370 e. The van der Waals surface area contributed by atoms with Crippen LogP contribution >= 0.6 is 12.6 Å². The van der Waals surface area contributed by atoms with Gasteiger partial charge in [-0.3, -0.25) is 43.2 Å². The number of benzene rings is 2. The van der Waals surface area contributed by atoms with Crippen molar-refractivity contribution in [1.29, 1.82) is 0 Å². The molecule has 8 atom stereocenters. The number of hydrogen-bond donors (Lipinski definition) is 14. The number of hydrogen-bond acceptors (Lipinski definition) is 13. The van der Waals surface area contributed by atoms with Gasteiger partial charge in [0.05, 0.1) is 25.0 Å². The number of carbonyl (C=O) groups is 9. The summed E-state index contributed by atoms with van der Waals surface area (Å²) < 4.78 is 0. The Balaban J connectivity index is 1.44. The van der Waals surface area contributed by atoms with Crippen LogP contribution in [0.2, 0.25) is 0 Å². The summed E-state index contributed by atoms with van der Waals surface area (Å²) in [6.07, 6.45) is 4.75. The number of rotatable bonds is 31. The molecule has 0 radical (unpaired) electrons. The van der Waals surface area contributed by atoms with Crippen LogP contribution in [0.4, 0.5) is 0 Å². The number of carbonyl (C=O) groups excluding carboxylic acids is 9. The maximum atomic E-state index is 14.2. The second-order valence-corrected chi connectivity index (χ2v) is 19.3. The van der Waals surface area contributed by atoms with Crippen LogP contribution in [0.3, 0.4) is 0 Å². The van der Waals surface area contributed by atoms with Crippen LogP contribution in [0.1, 0.15) is 70.7 Å². The third kappa shape index (κ3) is 19.3. The molecule has 4 rings (SSSR count). The van der Waals surface area contributed by atoms with Crippen LogP contribution in [-0.4, -0.2) is 135 Å². The molecule has 4 aromatic rings. The molecule has 2 aromatic carbocycles. The van der Waals surface area contributed by atoms with Crippen molar-refractivity contribution in [2.75, 3.05) is 18.8 Å². The van der Waals surface area contributed by atoms with E-state index in [2.05, 4.69) is 70.1 Å². The van der Waals surface area contributed by atoms with Crippen molar-refractivity contribution < 1.29 is 43.2 Å². The number of para-hydroxylation sites is 1. The Labute approximate surface area is 435 Å². The molecular formula is C50H72N14O9S. The number of nitrogens with zero attached hydrogens (tertiary/aromatic N) is 1. The molecule has 0 aliphatic carbocycles. The van der Waals surface area contributed by atoms with Crippen LogP contribution in [-0.2, 0) is 62.4 Å². The summed E-state index contributed by atoms with van der Waals surface area (Å²) in [5.74, 6) is -6.58. The fourth-order valence-corrected chi connectivity index (χ4v) is 8.25. The zero-order valence-corrected chi connectivity index (χ0v) is 43.3. The number of nitrogens with one attached hydrogen (secondary N) is 10. The van der Waals surface area contributed by atoms with Gasteiger partial charge in [-0.1, -0.05) is 76.2 Å². The minimum absolute atomic E-state index is 0.0187. The van der Waals surface area contributed by atoms with E-state index in [1.807, 2.05) is 38.1 Å². The molecule has 0 saturated heterocycles. The number of primary amides is 2. The number of H-pyrrole nitrogens is 2. The van der Waals surface area contributed by atoms with Gasteiger partial charge in [0.15, 0.2) is 0 Å². The summed E-state index contributed by atoms with van der Waals surface area (Å²) in [6.45, 7) is 8.26. The molecule has 9 amide bonds. The Morgan fingerprint density at radius 3 is 1.96 bits per heavy atom. The Hall–Kier alpha value is -7.31. The quantitative estimate of drug-likeness (QED) is 0.0260. The first-order valence-electron chi connectivity index (χ1n) is 24.5. The van der Waals surface area contributed by atoms with E-state index in [0.29, 0.717) is 17.7 Å². The number of thiol groups is 1. The molecular weight excluding hydrogens is 973 g/mol. The summed E-state index contributed by atoms with van der Waals surface area (Å²) in [5, 5.41) is 22.5. The van der Waals surface area contributed by atoms with Gasteiger partial charge in [0.25, 0.3) is 0 Å². The highest BCUT2D eigenvalue weighted by Gasteiger charge is 2.33. The SMILES string of the molecule is CC(C)C[C@@H](CN[C@@H](CS)C(N)=O)NC(=O)[C@H](Cc1cnc[nH]1)NC(=O)CNC(=O)[C@@H](NC(=O)[C@H](C)NC(=O)[C@H](Cc1c[nH]c2ccccc12)NC(=O)[C@H](CCC(N)=O)NC(=O)[C@H](N)Cc1ccccc1)C(C)C. The van der Waals surface area contributed by atoms with Crippen molar-refractivity contribution in [3.8, 4) is 0 Å². The summed E-state index contributed by atoms with van der Waals surface area (Å²) in [6, 6.07) is 7.77. The van der Waals surface area contributed by atoms with Gasteiger partial charge in [-0.15, -0.1) is 0 Å². The lowest BCUT2D eigenvalue weighted by atomic mass is 10.0. The van der Waals surface area contributed by atoms with Gasteiger partial charge in [-0.05, 0) is 55.2 Å². The molecule has 0 fully saturated rings. The molecule has 2 heterocycles.